The highest BCUT2D eigenvalue weighted by atomic mass is 79.9. The third-order valence-corrected chi connectivity index (χ3v) is 2.75. The van der Waals surface area contributed by atoms with Crippen LogP contribution in [0.1, 0.15) is 18.5 Å². The zero-order chi connectivity index (χ0) is 10.9. The summed E-state index contributed by atoms with van der Waals surface area (Å²) in [5, 5.41) is 9.20. The van der Waals surface area contributed by atoms with Crippen LogP contribution >= 0.6 is 15.9 Å². The van der Waals surface area contributed by atoms with Gasteiger partial charge < -0.3 is 10.8 Å². The van der Waals surface area contributed by atoms with Gasteiger partial charge >= 0.3 is 0 Å². The first-order valence-electron chi connectivity index (χ1n) is 4.02. The average molecular weight is 266 g/mol. The van der Waals surface area contributed by atoms with Crippen LogP contribution in [0.15, 0.2) is 16.6 Å². The number of benzene rings is 1. The zero-order valence-electron chi connectivity index (χ0n) is 7.47. The Bertz CT molecular complexity index is 344. The lowest BCUT2D eigenvalue weighted by Gasteiger charge is -2.16. The van der Waals surface area contributed by atoms with Crippen molar-refractivity contribution in [2.45, 2.75) is 19.1 Å². The first-order valence-corrected chi connectivity index (χ1v) is 4.81. The second-order valence-corrected chi connectivity index (χ2v) is 3.82. The van der Waals surface area contributed by atoms with E-state index in [0.29, 0.717) is 5.56 Å². The maximum absolute atomic E-state index is 13.1. The Balaban J connectivity index is 3.17. The van der Waals surface area contributed by atoms with Crippen LogP contribution in [0.25, 0.3) is 0 Å². The smallest absolute Gasteiger partial charge is 0.173 e. The summed E-state index contributed by atoms with van der Waals surface area (Å²) in [4.78, 5) is 0. The summed E-state index contributed by atoms with van der Waals surface area (Å²) in [5.41, 5.74) is 5.93. The molecular formula is C9H10BrF2NO. The molecule has 0 spiro atoms. The van der Waals surface area contributed by atoms with Crippen molar-refractivity contribution in [3.05, 3.63) is 33.8 Å². The molecule has 0 bridgehead atoms. The highest BCUT2D eigenvalue weighted by Gasteiger charge is 2.19. The Hall–Kier alpha value is -0.520. The molecule has 0 saturated carbocycles. The molecule has 14 heavy (non-hydrogen) atoms. The molecule has 5 heteroatoms. The van der Waals surface area contributed by atoms with Crippen LogP contribution in [-0.2, 0) is 0 Å². The Morgan fingerprint density at radius 2 is 2.00 bits per heavy atom. The largest absolute Gasteiger partial charge is 0.391 e. The lowest BCUT2D eigenvalue weighted by Crippen LogP contribution is -2.23. The average Bonchev–Trinajstić information content (AvgIpc) is 2.13. The number of aliphatic hydroxyl groups excluding tert-OH is 1. The minimum absolute atomic E-state index is 0.0362. The summed E-state index contributed by atoms with van der Waals surface area (Å²) in [6.45, 7) is 1.48. The Morgan fingerprint density at radius 1 is 1.43 bits per heavy atom. The third-order valence-electron chi connectivity index (χ3n) is 1.94. The molecule has 2 nitrogen and oxygen atoms in total. The van der Waals surface area contributed by atoms with Gasteiger partial charge in [-0.15, -0.1) is 0 Å². The highest BCUT2D eigenvalue weighted by molar-refractivity contribution is 9.10. The molecule has 1 aromatic carbocycles. The molecule has 0 fully saturated rings. The van der Waals surface area contributed by atoms with E-state index in [0.717, 1.165) is 6.07 Å². The van der Waals surface area contributed by atoms with Crippen LogP contribution in [0.4, 0.5) is 8.78 Å². The maximum Gasteiger partial charge on any atom is 0.173 e. The maximum atomic E-state index is 13.1. The molecule has 1 aromatic rings. The van der Waals surface area contributed by atoms with Crippen molar-refractivity contribution >= 4 is 15.9 Å². The van der Waals surface area contributed by atoms with Gasteiger partial charge in [0.15, 0.2) is 11.6 Å². The Morgan fingerprint density at radius 3 is 2.50 bits per heavy atom. The van der Waals surface area contributed by atoms with Crippen LogP contribution in [0.5, 0.6) is 0 Å². The van der Waals surface area contributed by atoms with E-state index in [2.05, 4.69) is 15.9 Å². The lowest BCUT2D eigenvalue weighted by molar-refractivity contribution is 0.164. The molecule has 0 unspecified atom stereocenters. The van der Waals surface area contributed by atoms with Gasteiger partial charge in [0, 0.05) is 0 Å². The zero-order valence-corrected chi connectivity index (χ0v) is 9.05. The minimum Gasteiger partial charge on any atom is -0.391 e. The van der Waals surface area contributed by atoms with E-state index in [9.17, 15) is 13.9 Å². The van der Waals surface area contributed by atoms with Crippen molar-refractivity contribution in [3.63, 3.8) is 0 Å². The van der Waals surface area contributed by atoms with Crippen LogP contribution in [0, 0.1) is 11.6 Å². The molecule has 0 amide bonds. The molecule has 0 aromatic heterocycles. The molecule has 0 heterocycles. The first-order chi connectivity index (χ1) is 6.45. The molecule has 3 N–H and O–H groups in total. The van der Waals surface area contributed by atoms with Crippen LogP contribution in [-0.4, -0.2) is 11.2 Å². The lowest BCUT2D eigenvalue weighted by atomic mass is 10.0. The van der Waals surface area contributed by atoms with E-state index in [-0.39, 0.29) is 4.47 Å². The van der Waals surface area contributed by atoms with Crippen molar-refractivity contribution in [1.82, 2.24) is 0 Å². The SMILES string of the molecule is C[C@@H](O)[C@H](N)c1ccc(F)c(F)c1Br. The molecule has 0 aliphatic rings. The molecule has 78 valence electrons. The van der Waals surface area contributed by atoms with Crippen molar-refractivity contribution < 1.29 is 13.9 Å². The van der Waals surface area contributed by atoms with E-state index in [4.69, 9.17) is 5.73 Å². The van der Waals surface area contributed by atoms with Gasteiger partial charge in [-0.05, 0) is 34.5 Å². The van der Waals surface area contributed by atoms with Crippen LogP contribution in [0.3, 0.4) is 0 Å². The predicted molar refractivity (Wildman–Crippen MR) is 52.7 cm³/mol. The number of nitrogens with two attached hydrogens (primary N) is 1. The van der Waals surface area contributed by atoms with Gasteiger partial charge in [0.25, 0.3) is 0 Å². The molecule has 2 atom stereocenters. The van der Waals surface area contributed by atoms with Gasteiger partial charge in [0.1, 0.15) is 0 Å². The van der Waals surface area contributed by atoms with Crippen molar-refractivity contribution in [3.8, 4) is 0 Å². The first kappa shape index (κ1) is 11.6. The van der Waals surface area contributed by atoms with Crippen molar-refractivity contribution in [2.75, 3.05) is 0 Å². The van der Waals surface area contributed by atoms with Crippen LogP contribution < -0.4 is 5.73 Å². The quantitative estimate of drug-likeness (QED) is 0.805. The number of halogens is 3. The number of rotatable bonds is 2. The van der Waals surface area contributed by atoms with E-state index in [1.54, 1.807) is 0 Å². The summed E-state index contributed by atoms with van der Waals surface area (Å²) < 4.78 is 25.7. The van der Waals surface area contributed by atoms with E-state index in [1.165, 1.54) is 13.0 Å². The fourth-order valence-corrected chi connectivity index (χ4v) is 1.64. The van der Waals surface area contributed by atoms with Crippen molar-refractivity contribution in [1.29, 1.82) is 0 Å². The number of hydrogen-bond acceptors (Lipinski definition) is 2. The second kappa shape index (κ2) is 4.33. The number of aliphatic hydroxyl groups is 1. The summed E-state index contributed by atoms with van der Waals surface area (Å²) in [5.74, 6) is -1.93. The van der Waals surface area contributed by atoms with Gasteiger partial charge in [0.05, 0.1) is 16.6 Å². The summed E-state index contributed by atoms with van der Waals surface area (Å²) >= 11 is 2.89. The summed E-state index contributed by atoms with van der Waals surface area (Å²) in [7, 11) is 0. The molecule has 0 aliphatic heterocycles. The van der Waals surface area contributed by atoms with Crippen LogP contribution in [0.2, 0.25) is 0 Å². The topological polar surface area (TPSA) is 46.2 Å². The predicted octanol–water partition coefficient (Wildman–Crippen LogP) is 2.11. The second-order valence-electron chi connectivity index (χ2n) is 3.03. The number of hydrogen-bond donors (Lipinski definition) is 2. The molecule has 0 aliphatic carbocycles. The van der Waals surface area contributed by atoms with Gasteiger partial charge in [-0.3, -0.25) is 0 Å². The standard InChI is InChI=1S/C9H10BrF2NO/c1-4(14)9(13)5-2-3-6(11)8(12)7(5)10/h2-4,9,14H,13H2,1H3/t4-,9+/m1/s1. The Labute approximate surface area is 88.9 Å². The summed E-state index contributed by atoms with van der Waals surface area (Å²) in [6, 6.07) is 1.59. The van der Waals surface area contributed by atoms with E-state index >= 15 is 0 Å². The van der Waals surface area contributed by atoms with Gasteiger partial charge in [-0.25, -0.2) is 8.78 Å². The summed E-state index contributed by atoms with van der Waals surface area (Å²) in [6.07, 6.45) is -0.823. The molecule has 1 rings (SSSR count). The molecule has 0 radical (unpaired) electrons. The fraction of sp³-hybridized carbons (Fsp3) is 0.333. The van der Waals surface area contributed by atoms with E-state index in [1.807, 2.05) is 0 Å². The van der Waals surface area contributed by atoms with Gasteiger partial charge in [0.2, 0.25) is 0 Å². The van der Waals surface area contributed by atoms with Gasteiger partial charge in [-0.2, -0.15) is 0 Å². The van der Waals surface area contributed by atoms with Gasteiger partial charge in [-0.1, -0.05) is 6.07 Å². The Kier molecular flexibility index (Phi) is 3.58. The minimum atomic E-state index is -0.987. The third kappa shape index (κ3) is 2.10. The fourth-order valence-electron chi connectivity index (χ4n) is 1.06. The van der Waals surface area contributed by atoms with Crippen molar-refractivity contribution in [2.24, 2.45) is 5.73 Å². The molecular weight excluding hydrogens is 256 g/mol. The molecule has 0 saturated heterocycles. The monoisotopic (exact) mass is 265 g/mol. The highest BCUT2D eigenvalue weighted by Crippen LogP contribution is 2.28. The van der Waals surface area contributed by atoms with E-state index < -0.39 is 23.8 Å². The normalized spacial score (nSPS) is 15.3.